The molecule has 4 N–H and O–H groups in total. The summed E-state index contributed by atoms with van der Waals surface area (Å²) in [6.45, 7) is 1.55. The number of primary amides is 1. The lowest BCUT2D eigenvalue weighted by Gasteiger charge is -2.27. The summed E-state index contributed by atoms with van der Waals surface area (Å²) in [7, 11) is 0. The number of amides is 1. The number of nitrogens with zero attached hydrogens (tertiary/aromatic N) is 2. The maximum Gasteiger partial charge on any atom is 0.352 e. The molecule has 1 heterocycles. The van der Waals surface area contributed by atoms with Crippen LogP contribution in [0.3, 0.4) is 0 Å². The minimum Gasteiger partial charge on any atom is -0.481 e. The number of hydrogen-bond acceptors (Lipinski definition) is 5. The van der Waals surface area contributed by atoms with Crippen molar-refractivity contribution < 1.29 is 24.6 Å². The van der Waals surface area contributed by atoms with Crippen LogP contribution in [-0.4, -0.2) is 39.5 Å². The van der Waals surface area contributed by atoms with Crippen molar-refractivity contribution in [1.82, 2.24) is 0 Å². The number of hydrogen-bond donors (Lipinski definition) is 3. The van der Waals surface area contributed by atoms with Crippen LogP contribution in [-0.2, 0) is 14.4 Å². The average molecular weight is 305 g/mol. The summed E-state index contributed by atoms with van der Waals surface area (Å²) in [5, 5.41) is 26.4. The molecule has 0 aromatic rings. The Balaban J connectivity index is 1.73. The van der Waals surface area contributed by atoms with Crippen LogP contribution in [0.25, 0.3) is 0 Å². The molecule has 8 heteroatoms. The van der Waals surface area contributed by atoms with Gasteiger partial charge in [0.05, 0.1) is 22.5 Å². The van der Waals surface area contributed by atoms with E-state index in [1.165, 1.54) is 0 Å². The molecule has 0 radical (unpaired) electrons. The fourth-order valence-electron chi connectivity index (χ4n) is 5.10. The molecular formula is C14H15N3O5. The first-order valence-electron chi connectivity index (χ1n) is 7.13. The van der Waals surface area contributed by atoms with E-state index >= 15 is 0 Å². The van der Waals surface area contributed by atoms with Crippen molar-refractivity contribution in [3.63, 3.8) is 0 Å². The van der Waals surface area contributed by atoms with Gasteiger partial charge in [-0.2, -0.15) is 5.10 Å². The fourth-order valence-corrected chi connectivity index (χ4v) is 5.10. The lowest BCUT2D eigenvalue weighted by atomic mass is 9.75. The third kappa shape index (κ3) is 1.12. The van der Waals surface area contributed by atoms with Crippen LogP contribution < -0.4 is 5.73 Å². The molecule has 22 heavy (non-hydrogen) atoms. The lowest BCUT2D eigenvalue weighted by Crippen LogP contribution is -2.40. The summed E-state index contributed by atoms with van der Waals surface area (Å²) in [4.78, 5) is 34.9. The molecular weight excluding hydrogens is 290 g/mol. The first kappa shape index (κ1) is 13.4. The molecule has 1 amide bonds. The highest BCUT2D eigenvalue weighted by Gasteiger charge is 2.88. The van der Waals surface area contributed by atoms with Crippen LogP contribution >= 0.6 is 0 Å². The second kappa shape index (κ2) is 3.39. The van der Waals surface area contributed by atoms with Gasteiger partial charge < -0.3 is 15.9 Å². The Morgan fingerprint density at radius 3 is 2.41 bits per heavy atom. The Labute approximate surface area is 125 Å². The van der Waals surface area contributed by atoms with Gasteiger partial charge in [-0.3, -0.25) is 9.59 Å². The summed E-state index contributed by atoms with van der Waals surface area (Å²) in [6, 6.07) is 0. The number of carboxylic acids is 2. The minimum absolute atomic E-state index is 0.0149. The summed E-state index contributed by atoms with van der Waals surface area (Å²) < 4.78 is 0. The first-order valence-corrected chi connectivity index (χ1v) is 7.13. The van der Waals surface area contributed by atoms with Gasteiger partial charge in [0.2, 0.25) is 5.91 Å². The number of aliphatic carboxylic acids is 2. The van der Waals surface area contributed by atoms with Crippen LogP contribution in [0, 0.1) is 28.1 Å². The fraction of sp³-hybridized carbons (Fsp3) is 0.643. The Morgan fingerprint density at radius 2 is 1.91 bits per heavy atom. The van der Waals surface area contributed by atoms with Crippen molar-refractivity contribution in [3.8, 4) is 0 Å². The molecule has 3 aliphatic carbocycles. The van der Waals surface area contributed by atoms with Crippen molar-refractivity contribution in [2.45, 2.75) is 26.2 Å². The Morgan fingerprint density at radius 1 is 1.23 bits per heavy atom. The Kier molecular flexibility index (Phi) is 2.07. The molecule has 4 aliphatic rings. The van der Waals surface area contributed by atoms with Gasteiger partial charge in [-0.15, -0.1) is 5.10 Å². The molecule has 0 saturated heterocycles. The van der Waals surface area contributed by atoms with Crippen LogP contribution in [0.1, 0.15) is 26.2 Å². The number of rotatable bonds is 4. The third-order valence-corrected chi connectivity index (χ3v) is 6.36. The Hall–Kier alpha value is -2.25. The Bertz CT molecular complexity index is 728. The molecule has 8 nitrogen and oxygen atoms in total. The molecule has 0 aromatic carbocycles. The van der Waals surface area contributed by atoms with Gasteiger partial charge in [0.15, 0.2) is 5.71 Å². The van der Waals surface area contributed by atoms with E-state index in [0.717, 1.165) is 0 Å². The van der Waals surface area contributed by atoms with Crippen LogP contribution in [0.2, 0.25) is 0 Å². The van der Waals surface area contributed by atoms with E-state index in [-0.39, 0.29) is 18.1 Å². The third-order valence-electron chi connectivity index (χ3n) is 6.36. The highest BCUT2D eigenvalue weighted by atomic mass is 16.4. The first-order chi connectivity index (χ1) is 10.2. The largest absolute Gasteiger partial charge is 0.481 e. The molecule has 0 aromatic heterocycles. The van der Waals surface area contributed by atoms with E-state index in [0.29, 0.717) is 18.6 Å². The number of nitrogens with two attached hydrogens (primary N) is 1. The summed E-state index contributed by atoms with van der Waals surface area (Å²) in [5.74, 6) is -3.24. The zero-order valence-electron chi connectivity index (χ0n) is 11.9. The number of carboxylic acid groups (broad SMARTS) is 2. The smallest absolute Gasteiger partial charge is 0.352 e. The number of fused-ring (bicyclic) bond motifs is 3. The van der Waals surface area contributed by atoms with Gasteiger partial charge in [0, 0.05) is 5.92 Å². The van der Waals surface area contributed by atoms with E-state index in [1.54, 1.807) is 6.92 Å². The number of carbonyl (C=O) groups is 3. The van der Waals surface area contributed by atoms with Gasteiger partial charge in [-0.1, -0.05) is 0 Å². The van der Waals surface area contributed by atoms with Crippen LogP contribution in [0.15, 0.2) is 10.2 Å². The lowest BCUT2D eigenvalue weighted by molar-refractivity contribution is -0.148. The molecule has 3 saturated carbocycles. The van der Waals surface area contributed by atoms with Crippen LogP contribution in [0.4, 0.5) is 0 Å². The van der Waals surface area contributed by atoms with Crippen molar-refractivity contribution >= 4 is 29.3 Å². The molecule has 5 atom stereocenters. The maximum atomic E-state index is 12.1. The van der Waals surface area contributed by atoms with Gasteiger partial charge in [0.25, 0.3) is 0 Å². The second-order valence-electron chi connectivity index (χ2n) is 7.07. The molecule has 5 unspecified atom stereocenters. The van der Waals surface area contributed by atoms with Gasteiger partial charge in [0.1, 0.15) is 0 Å². The van der Waals surface area contributed by atoms with E-state index in [1.807, 2.05) is 0 Å². The van der Waals surface area contributed by atoms with Crippen LogP contribution in [0.5, 0.6) is 0 Å². The van der Waals surface area contributed by atoms with Crippen molar-refractivity contribution in [2.24, 2.45) is 44.0 Å². The molecule has 3 fully saturated rings. The van der Waals surface area contributed by atoms with E-state index < -0.39 is 40.0 Å². The molecule has 4 rings (SSSR count). The highest BCUT2D eigenvalue weighted by molar-refractivity contribution is 6.42. The van der Waals surface area contributed by atoms with Crippen molar-refractivity contribution in [1.29, 1.82) is 0 Å². The average Bonchev–Trinajstić information content (AvgIpc) is 3.19. The predicted octanol–water partition coefficient (Wildman–Crippen LogP) is -0.126. The summed E-state index contributed by atoms with van der Waals surface area (Å²) >= 11 is 0. The van der Waals surface area contributed by atoms with E-state index in [2.05, 4.69) is 10.2 Å². The zero-order chi connectivity index (χ0) is 16.1. The zero-order valence-corrected chi connectivity index (χ0v) is 11.9. The molecule has 1 aliphatic heterocycles. The molecule has 0 spiro atoms. The van der Waals surface area contributed by atoms with Gasteiger partial charge in [-0.25, -0.2) is 4.79 Å². The highest BCUT2D eigenvalue weighted by Crippen LogP contribution is 2.85. The minimum atomic E-state index is -1.17. The monoisotopic (exact) mass is 305 g/mol. The van der Waals surface area contributed by atoms with Gasteiger partial charge in [-0.05, 0) is 31.6 Å². The summed E-state index contributed by atoms with van der Waals surface area (Å²) in [5.41, 5.74) is 3.42. The van der Waals surface area contributed by atoms with Crippen molar-refractivity contribution in [3.05, 3.63) is 0 Å². The summed E-state index contributed by atoms with van der Waals surface area (Å²) in [6.07, 6.45) is 1.24. The van der Waals surface area contributed by atoms with E-state index in [4.69, 9.17) is 5.73 Å². The number of carbonyl (C=O) groups excluding carboxylic acids is 1. The standard InChI is InChI=1S/C14H15N3O5/c1-12(11(21)22)4-14(12,10(15)20)13-2-5-7(6(13)3-13)16-17-8(5)9(18)19/h5-6H,2-4H2,1H3,(H2,15,20)(H,18,19)(H,21,22). The topological polar surface area (TPSA) is 142 Å². The molecule has 0 bridgehead atoms. The maximum absolute atomic E-state index is 12.1. The van der Waals surface area contributed by atoms with E-state index in [9.17, 15) is 24.6 Å². The second-order valence-corrected chi connectivity index (χ2v) is 7.07. The predicted molar refractivity (Wildman–Crippen MR) is 73.1 cm³/mol. The van der Waals surface area contributed by atoms with Crippen molar-refractivity contribution in [2.75, 3.05) is 0 Å². The normalized spacial score (nSPS) is 47.1. The van der Waals surface area contributed by atoms with Gasteiger partial charge >= 0.3 is 11.9 Å². The quantitative estimate of drug-likeness (QED) is 0.663. The molecule has 116 valence electrons. The SMILES string of the molecule is CC1(C(=O)O)CC1(C(N)=O)C12CC3C(C(=O)O)=NN=C3C1C2.